The number of nitrogens with one attached hydrogen (secondary N) is 1. The maximum Gasteiger partial charge on any atom is 0.303 e. The summed E-state index contributed by atoms with van der Waals surface area (Å²) >= 11 is 0. The number of amides is 1. The lowest BCUT2D eigenvalue weighted by Crippen LogP contribution is -2.27. The van der Waals surface area contributed by atoms with E-state index < -0.39 is 5.97 Å². The van der Waals surface area contributed by atoms with Gasteiger partial charge in [-0.3, -0.25) is 9.59 Å². The lowest BCUT2D eigenvalue weighted by Gasteiger charge is -2.16. The molecule has 0 saturated carbocycles. The number of aryl methyl sites for hydroxylation is 1. The molecule has 1 unspecified atom stereocenters. The highest BCUT2D eigenvalue weighted by atomic mass is 16.5. The van der Waals surface area contributed by atoms with Gasteiger partial charge in [0.25, 0.3) is 5.91 Å². The standard InChI is InChI=1S/C25H25NO4/c1-18(21-7-3-2-4-8-21)26-25(29)22-9-5-6-10-23(22)30-17-20-13-11-19(12-14-20)15-16-24(27)28/h2-14,18H,15-17H2,1H3,(H,26,29)(H,27,28). The van der Waals surface area contributed by atoms with Gasteiger partial charge in [-0.1, -0.05) is 66.7 Å². The van der Waals surface area contributed by atoms with Crippen LogP contribution in [0.1, 0.15) is 46.4 Å². The first-order valence-corrected chi connectivity index (χ1v) is 9.90. The second-order valence-electron chi connectivity index (χ2n) is 7.10. The minimum absolute atomic E-state index is 0.111. The first-order valence-electron chi connectivity index (χ1n) is 9.90. The summed E-state index contributed by atoms with van der Waals surface area (Å²) in [6.07, 6.45) is 0.610. The SMILES string of the molecule is CC(NC(=O)c1ccccc1OCc1ccc(CCC(=O)O)cc1)c1ccccc1. The zero-order valence-corrected chi connectivity index (χ0v) is 16.9. The molecule has 5 heteroatoms. The molecule has 0 saturated heterocycles. The summed E-state index contributed by atoms with van der Waals surface area (Å²) in [6.45, 7) is 2.26. The van der Waals surface area contributed by atoms with Crippen LogP contribution < -0.4 is 10.1 Å². The molecule has 3 rings (SSSR count). The molecule has 0 fully saturated rings. The van der Waals surface area contributed by atoms with E-state index in [0.29, 0.717) is 24.3 Å². The molecule has 3 aromatic rings. The smallest absolute Gasteiger partial charge is 0.303 e. The van der Waals surface area contributed by atoms with Gasteiger partial charge in [0, 0.05) is 6.42 Å². The third-order valence-corrected chi connectivity index (χ3v) is 4.82. The van der Waals surface area contributed by atoms with Gasteiger partial charge in [0.05, 0.1) is 11.6 Å². The van der Waals surface area contributed by atoms with Gasteiger partial charge in [0.1, 0.15) is 12.4 Å². The third kappa shape index (κ3) is 5.95. The number of carboxylic acids is 1. The van der Waals surface area contributed by atoms with Crippen LogP contribution in [-0.4, -0.2) is 17.0 Å². The molecule has 154 valence electrons. The van der Waals surface area contributed by atoms with Crippen LogP contribution in [0.15, 0.2) is 78.9 Å². The highest BCUT2D eigenvalue weighted by Crippen LogP contribution is 2.21. The van der Waals surface area contributed by atoms with E-state index in [4.69, 9.17) is 9.84 Å². The summed E-state index contributed by atoms with van der Waals surface area (Å²) in [5.74, 6) is -0.477. The summed E-state index contributed by atoms with van der Waals surface area (Å²) in [7, 11) is 0. The van der Waals surface area contributed by atoms with Gasteiger partial charge in [0.15, 0.2) is 0 Å². The molecule has 0 bridgehead atoms. The number of rotatable bonds is 9. The summed E-state index contributed by atoms with van der Waals surface area (Å²) in [6, 6.07) is 24.5. The summed E-state index contributed by atoms with van der Waals surface area (Å²) < 4.78 is 5.91. The second kappa shape index (κ2) is 10.3. The van der Waals surface area contributed by atoms with Gasteiger partial charge >= 0.3 is 5.97 Å². The van der Waals surface area contributed by atoms with Gasteiger partial charge in [-0.15, -0.1) is 0 Å². The molecule has 1 atom stereocenters. The number of para-hydroxylation sites is 1. The van der Waals surface area contributed by atoms with Crippen LogP contribution in [0.5, 0.6) is 5.75 Å². The van der Waals surface area contributed by atoms with Gasteiger partial charge in [-0.05, 0) is 42.2 Å². The van der Waals surface area contributed by atoms with Crippen LogP contribution in [0.3, 0.4) is 0 Å². The van der Waals surface area contributed by atoms with E-state index in [9.17, 15) is 9.59 Å². The van der Waals surface area contributed by atoms with Crippen molar-refractivity contribution in [1.29, 1.82) is 0 Å². The van der Waals surface area contributed by atoms with Crippen LogP contribution in [-0.2, 0) is 17.8 Å². The fourth-order valence-corrected chi connectivity index (χ4v) is 3.09. The van der Waals surface area contributed by atoms with Crippen molar-refractivity contribution in [3.8, 4) is 5.75 Å². The topological polar surface area (TPSA) is 75.6 Å². The number of carboxylic acid groups (broad SMARTS) is 1. The Hall–Kier alpha value is -3.60. The van der Waals surface area contributed by atoms with Gasteiger partial charge in [-0.25, -0.2) is 0 Å². The first-order chi connectivity index (χ1) is 14.5. The van der Waals surface area contributed by atoms with Crippen LogP contribution in [0, 0.1) is 0 Å². The van der Waals surface area contributed by atoms with E-state index in [2.05, 4.69) is 5.32 Å². The fourth-order valence-electron chi connectivity index (χ4n) is 3.09. The Morgan fingerprint density at radius 2 is 1.53 bits per heavy atom. The molecule has 3 aromatic carbocycles. The predicted molar refractivity (Wildman–Crippen MR) is 115 cm³/mol. The lowest BCUT2D eigenvalue weighted by molar-refractivity contribution is -0.136. The minimum atomic E-state index is -0.807. The normalized spacial score (nSPS) is 11.5. The van der Waals surface area contributed by atoms with Crippen molar-refractivity contribution < 1.29 is 19.4 Å². The van der Waals surface area contributed by atoms with Gasteiger partial charge in [0.2, 0.25) is 0 Å². The van der Waals surface area contributed by atoms with E-state index in [0.717, 1.165) is 16.7 Å². The number of hydrogen-bond acceptors (Lipinski definition) is 3. The van der Waals surface area contributed by atoms with Gasteiger partial charge in [-0.2, -0.15) is 0 Å². The molecule has 0 aromatic heterocycles. The van der Waals surface area contributed by atoms with Crippen molar-refractivity contribution in [3.05, 3.63) is 101 Å². The molecule has 2 N–H and O–H groups in total. The largest absolute Gasteiger partial charge is 0.488 e. The van der Waals surface area contributed by atoms with Crippen molar-refractivity contribution >= 4 is 11.9 Å². The zero-order valence-electron chi connectivity index (χ0n) is 16.9. The molecule has 1 amide bonds. The highest BCUT2D eigenvalue weighted by Gasteiger charge is 2.15. The Morgan fingerprint density at radius 3 is 2.23 bits per heavy atom. The quantitative estimate of drug-likeness (QED) is 0.539. The Morgan fingerprint density at radius 1 is 0.900 bits per heavy atom. The van der Waals surface area contributed by atoms with Crippen molar-refractivity contribution in [2.24, 2.45) is 0 Å². The van der Waals surface area contributed by atoms with E-state index in [-0.39, 0.29) is 18.4 Å². The van der Waals surface area contributed by atoms with Crippen LogP contribution in [0.4, 0.5) is 0 Å². The summed E-state index contributed by atoms with van der Waals surface area (Å²) in [5.41, 5.74) is 3.43. The Balaban J connectivity index is 1.62. The number of benzene rings is 3. The van der Waals surface area contributed by atoms with E-state index in [1.165, 1.54) is 0 Å². The molecule has 0 spiro atoms. The average Bonchev–Trinajstić information content (AvgIpc) is 2.77. The maximum absolute atomic E-state index is 12.8. The maximum atomic E-state index is 12.8. The number of ether oxygens (including phenoxy) is 1. The van der Waals surface area contributed by atoms with Crippen molar-refractivity contribution in [3.63, 3.8) is 0 Å². The van der Waals surface area contributed by atoms with E-state index >= 15 is 0 Å². The summed E-state index contributed by atoms with van der Waals surface area (Å²) in [4.78, 5) is 23.5. The monoisotopic (exact) mass is 403 g/mol. The van der Waals surface area contributed by atoms with Crippen LogP contribution in [0.25, 0.3) is 0 Å². The molecular weight excluding hydrogens is 378 g/mol. The average molecular weight is 403 g/mol. The van der Waals surface area contributed by atoms with Crippen LogP contribution >= 0.6 is 0 Å². The Bertz CT molecular complexity index is 984. The summed E-state index contributed by atoms with van der Waals surface area (Å²) in [5, 5.41) is 11.8. The number of hydrogen-bond donors (Lipinski definition) is 2. The minimum Gasteiger partial charge on any atom is -0.488 e. The molecule has 30 heavy (non-hydrogen) atoms. The number of carbonyl (C=O) groups excluding carboxylic acids is 1. The number of carbonyl (C=O) groups is 2. The van der Waals surface area contributed by atoms with Crippen molar-refractivity contribution in [2.75, 3.05) is 0 Å². The number of aliphatic carboxylic acids is 1. The highest BCUT2D eigenvalue weighted by molar-refractivity contribution is 5.97. The zero-order chi connectivity index (χ0) is 21.3. The predicted octanol–water partition coefficient (Wildman–Crippen LogP) is 4.77. The Labute approximate surface area is 176 Å². The molecule has 0 aliphatic carbocycles. The molecular formula is C25H25NO4. The van der Waals surface area contributed by atoms with E-state index in [1.807, 2.05) is 73.7 Å². The molecule has 0 aliphatic heterocycles. The van der Waals surface area contributed by atoms with Crippen LogP contribution in [0.2, 0.25) is 0 Å². The molecule has 5 nitrogen and oxygen atoms in total. The fraction of sp³-hybridized carbons (Fsp3) is 0.200. The Kier molecular flexibility index (Phi) is 7.22. The third-order valence-electron chi connectivity index (χ3n) is 4.82. The van der Waals surface area contributed by atoms with Crippen molar-refractivity contribution in [2.45, 2.75) is 32.4 Å². The van der Waals surface area contributed by atoms with E-state index in [1.54, 1.807) is 12.1 Å². The second-order valence-corrected chi connectivity index (χ2v) is 7.10. The molecule has 0 radical (unpaired) electrons. The lowest BCUT2D eigenvalue weighted by atomic mass is 10.1. The first kappa shape index (κ1) is 21.1. The molecule has 0 aliphatic rings. The van der Waals surface area contributed by atoms with Gasteiger partial charge < -0.3 is 15.2 Å². The molecule has 0 heterocycles. The van der Waals surface area contributed by atoms with Crippen molar-refractivity contribution in [1.82, 2.24) is 5.32 Å².